The van der Waals surface area contributed by atoms with Gasteiger partial charge in [-0.2, -0.15) is 0 Å². The summed E-state index contributed by atoms with van der Waals surface area (Å²) in [5.74, 6) is 1.07. The van der Waals surface area contributed by atoms with E-state index >= 15 is 0 Å². The van der Waals surface area contributed by atoms with Crippen molar-refractivity contribution in [3.8, 4) is 11.5 Å². The lowest BCUT2D eigenvalue weighted by molar-refractivity contribution is -0.122. The Morgan fingerprint density at radius 1 is 1.04 bits per heavy atom. The minimum atomic E-state index is -0.705. The SMILES string of the molecule is C[C@@H](CN)NC(=O)CC(NC(N)=O)c1cccc(Oc2ccccc2)c1.Cl. The first-order valence-electron chi connectivity index (χ1n) is 8.36. The largest absolute Gasteiger partial charge is 0.457 e. The van der Waals surface area contributed by atoms with Crippen molar-refractivity contribution in [1.29, 1.82) is 0 Å². The quantitative estimate of drug-likeness (QED) is 0.551. The van der Waals surface area contributed by atoms with Crippen molar-refractivity contribution < 1.29 is 14.3 Å². The number of rotatable bonds is 8. The molecule has 8 heteroatoms. The third kappa shape index (κ3) is 7.55. The first kappa shape index (κ1) is 22.3. The molecular weight excluding hydrogens is 368 g/mol. The highest BCUT2D eigenvalue weighted by atomic mass is 35.5. The fourth-order valence-electron chi connectivity index (χ4n) is 2.42. The molecule has 27 heavy (non-hydrogen) atoms. The Hall–Kier alpha value is -2.77. The summed E-state index contributed by atoms with van der Waals surface area (Å²) in [6.07, 6.45) is 0.0437. The molecule has 146 valence electrons. The van der Waals surface area contributed by atoms with Crippen molar-refractivity contribution in [3.63, 3.8) is 0 Å². The van der Waals surface area contributed by atoms with Gasteiger partial charge >= 0.3 is 6.03 Å². The minimum Gasteiger partial charge on any atom is -0.457 e. The summed E-state index contributed by atoms with van der Waals surface area (Å²) in [4.78, 5) is 23.5. The maximum absolute atomic E-state index is 12.2. The summed E-state index contributed by atoms with van der Waals surface area (Å²) in [5, 5.41) is 5.37. The summed E-state index contributed by atoms with van der Waals surface area (Å²) >= 11 is 0. The molecule has 0 radical (unpaired) electrons. The van der Waals surface area contributed by atoms with Crippen LogP contribution < -0.4 is 26.8 Å². The molecule has 0 aromatic heterocycles. The number of para-hydroxylation sites is 1. The van der Waals surface area contributed by atoms with E-state index < -0.39 is 12.1 Å². The number of carbonyl (C=O) groups excluding carboxylic acids is 2. The Bertz CT molecular complexity index is 743. The fourth-order valence-corrected chi connectivity index (χ4v) is 2.42. The van der Waals surface area contributed by atoms with Crippen LogP contribution in [0.3, 0.4) is 0 Å². The zero-order chi connectivity index (χ0) is 18.9. The van der Waals surface area contributed by atoms with Gasteiger partial charge in [0, 0.05) is 12.6 Å². The van der Waals surface area contributed by atoms with Crippen molar-refractivity contribution in [2.75, 3.05) is 6.54 Å². The van der Waals surface area contributed by atoms with E-state index in [0.29, 0.717) is 23.6 Å². The first-order valence-corrected chi connectivity index (χ1v) is 8.36. The monoisotopic (exact) mass is 392 g/mol. The number of primary amides is 1. The van der Waals surface area contributed by atoms with Crippen LogP contribution in [0.1, 0.15) is 24.9 Å². The van der Waals surface area contributed by atoms with Gasteiger partial charge in [-0.25, -0.2) is 4.79 Å². The zero-order valence-corrected chi connectivity index (χ0v) is 15.9. The topological polar surface area (TPSA) is 119 Å². The predicted octanol–water partition coefficient (Wildman–Crippen LogP) is 2.46. The second-order valence-corrected chi connectivity index (χ2v) is 5.96. The molecule has 0 saturated carbocycles. The molecule has 0 fully saturated rings. The van der Waals surface area contributed by atoms with E-state index in [1.165, 1.54) is 0 Å². The molecule has 2 atom stereocenters. The van der Waals surface area contributed by atoms with E-state index in [2.05, 4.69) is 10.6 Å². The van der Waals surface area contributed by atoms with E-state index in [1.54, 1.807) is 24.3 Å². The number of hydrogen-bond acceptors (Lipinski definition) is 4. The molecule has 0 spiro atoms. The van der Waals surface area contributed by atoms with Gasteiger partial charge in [0.25, 0.3) is 0 Å². The number of ether oxygens (including phenoxy) is 1. The van der Waals surface area contributed by atoms with Crippen LogP contribution in [0, 0.1) is 0 Å². The first-order chi connectivity index (χ1) is 12.5. The van der Waals surface area contributed by atoms with Gasteiger partial charge in [0.1, 0.15) is 11.5 Å². The Morgan fingerprint density at radius 2 is 1.70 bits per heavy atom. The zero-order valence-electron chi connectivity index (χ0n) is 15.1. The van der Waals surface area contributed by atoms with Gasteiger partial charge in [-0.1, -0.05) is 30.3 Å². The third-order valence-corrected chi connectivity index (χ3v) is 3.71. The molecule has 1 unspecified atom stereocenters. The summed E-state index contributed by atoms with van der Waals surface area (Å²) in [6.45, 7) is 2.14. The highest BCUT2D eigenvalue weighted by molar-refractivity contribution is 5.85. The van der Waals surface area contributed by atoms with Gasteiger partial charge in [0.2, 0.25) is 5.91 Å². The van der Waals surface area contributed by atoms with Crippen LogP contribution >= 0.6 is 12.4 Å². The molecule has 0 aliphatic rings. The van der Waals surface area contributed by atoms with Gasteiger partial charge in [-0.15, -0.1) is 12.4 Å². The lowest BCUT2D eigenvalue weighted by atomic mass is 10.0. The number of nitrogens with two attached hydrogens (primary N) is 2. The van der Waals surface area contributed by atoms with Crippen molar-refractivity contribution in [1.82, 2.24) is 10.6 Å². The molecule has 2 aromatic rings. The van der Waals surface area contributed by atoms with Crippen LogP contribution in [0.2, 0.25) is 0 Å². The minimum absolute atomic E-state index is 0. The Kier molecular flexibility index (Phi) is 9.12. The second-order valence-electron chi connectivity index (χ2n) is 5.96. The summed E-state index contributed by atoms with van der Waals surface area (Å²) in [5.41, 5.74) is 11.5. The molecule has 3 amide bonds. The van der Waals surface area contributed by atoms with Gasteiger partial charge in [-0.3, -0.25) is 4.79 Å². The molecule has 0 heterocycles. The number of hydrogen-bond donors (Lipinski definition) is 4. The van der Waals surface area contributed by atoms with E-state index in [0.717, 1.165) is 0 Å². The van der Waals surface area contributed by atoms with E-state index in [9.17, 15) is 9.59 Å². The molecule has 0 aliphatic carbocycles. The van der Waals surface area contributed by atoms with Crippen LogP contribution in [0.5, 0.6) is 11.5 Å². The van der Waals surface area contributed by atoms with Gasteiger partial charge in [0.15, 0.2) is 0 Å². The molecule has 6 N–H and O–H groups in total. The van der Waals surface area contributed by atoms with Crippen molar-refractivity contribution in [2.24, 2.45) is 11.5 Å². The van der Waals surface area contributed by atoms with Gasteiger partial charge in [-0.05, 0) is 36.8 Å². The second kappa shape index (κ2) is 11.1. The maximum atomic E-state index is 12.2. The molecule has 0 aliphatic heterocycles. The lowest BCUT2D eigenvalue weighted by Gasteiger charge is -2.20. The standard InChI is InChI=1S/C19H24N4O3.ClH/c1-13(12-20)22-18(24)11-17(23-19(21)25)14-6-5-9-16(10-14)26-15-7-3-2-4-8-15;/h2-10,13,17H,11-12,20H2,1H3,(H,22,24)(H3,21,23,25);1H/t13-,17?;/m0./s1. The molecule has 0 bridgehead atoms. The molecule has 2 rings (SSSR count). The number of amides is 3. The molecule has 0 saturated heterocycles. The number of halogens is 1. The normalized spacial score (nSPS) is 12.2. The Labute approximate surface area is 164 Å². The Morgan fingerprint density at radius 3 is 2.33 bits per heavy atom. The highest BCUT2D eigenvalue weighted by Gasteiger charge is 2.19. The van der Waals surface area contributed by atoms with Crippen molar-refractivity contribution in [3.05, 3.63) is 60.2 Å². The maximum Gasteiger partial charge on any atom is 0.312 e. The summed E-state index contributed by atoms with van der Waals surface area (Å²) < 4.78 is 5.80. The Balaban J connectivity index is 0.00000364. The van der Waals surface area contributed by atoms with E-state index in [4.69, 9.17) is 16.2 Å². The smallest absolute Gasteiger partial charge is 0.312 e. The van der Waals surface area contributed by atoms with Crippen molar-refractivity contribution in [2.45, 2.75) is 25.4 Å². The predicted molar refractivity (Wildman–Crippen MR) is 107 cm³/mol. The summed E-state index contributed by atoms with van der Waals surface area (Å²) in [7, 11) is 0. The van der Waals surface area contributed by atoms with Crippen LogP contribution in [0.4, 0.5) is 4.79 Å². The summed E-state index contributed by atoms with van der Waals surface area (Å²) in [6, 6.07) is 15.1. The van der Waals surface area contributed by atoms with Crippen LogP contribution in [-0.2, 0) is 4.79 Å². The molecule has 2 aromatic carbocycles. The average molecular weight is 393 g/mol. The van der Waals surface area contributed by atoms with Crippen LogP contribution in [0.15, 0.2) is 54.6 Å². The molecule has 7 nitrogen and oxygen atoms in total. The van der Waals surface area contributed by atoms with E-state index in [-0.39, 0.29) is 30.8 Å². The van der Waals surface area contributed by atoms with Crippen LogP contribution in [0.25, 0.3) is 0 Å². The lowest BCUT2D eigenvalue weighted by Crippen LogP contribution is -2.41. The molecular formula is C19H25ClN4O3. The number of urea groups is 1. The van der Waals surface area contributed by atoms with Crippen LogP contribution in [-0.4, -0.2) is 24.5 Å². The van der Waals surface area contributed by atoms with Crippen molar-refractivity contribution >= 4 is 24.3 Å². The third-order valence-electron chi connectivity index (χ3n) is 3.71. The van der Waals surface area contributed by atoms with Gasteiger partial charge < -0.3 is 26.8 Å². The number of carbonyl (C=O) groups is 2. The van der Waals surface area contributed by atoms with Gasteiger partial charge in [0.05, 0.1) is 12.5 Å². The van der Waals surface area contributed by atoms with E-state index in [1.807, 2.05) is 37.3 Å². The average Bonchev–Trinajstić information content (AvgIpc) is 2.61. The number of benzene rings is 2. The highest BCUT2D eigenvalue weighted by Crippen LogP contribution is 2.25. The fraction of sp³-hybridized carbons (Fsp3) is 0.263. The number of nitrogens with one attached hydrogen (secondary N) is 2.